The summed E-state index contributed by atoms with van der Waals surface area (Å²) in [7, 11) is 0. The molecule has 0 unspecified atom stereocenters. The van der Waals surface area contributed by atoms with Gasteiger partial charge in [0.1, 0.15) is 18.8 Å². The van der Waals surface area contributed by atoms with E-state index in [1.807, 2.05) is 19.1 Å². The number of primary amides is 1. The van der Waals surface area contributed by atoms with Gasteiger partial charge in [-0.1, -0.05) is 25.3 Å². The fourth-order valence-corrected chi connectivity index (χ4v) is 6.78. The van der Waals surface area contributed by atoms with Gasteiger partial charge in [0.05, 0.1) is 21.9 Å². The molecule has 10 heteroatoms. The molecule has 0 aromatic carbocycles. The lowest BCUT2D eigenvalue weighted by Gasteiger charge is -2.33. The number of nitrogens with zero attached hydrogens (tertiary/aromatic N) is 3. The second-order valence-electron chi connectivity index (χ2n) is 9.36. The van der Waals surface area contributed by atoms with E-state index in [-0.39, 0.29) is 35.8 Å². The molecule has 1 aliphatic carbocycles. The van der Waals surface area contributed by atoms with Crippen LogP contribution in [0.3, 0.4) is 0 Å². The van der Waals surface area contributed by atoms with Crippen LogP contribution in [0.2, 0.25) is 0 Å². The molecule has 180 valence electrons. The predicted octanol–water partition coefficient (Wildman–Crippen LogP) is 3.06. The van der Waals surface area contributed by atoms with E-state index in [1.54, 1.807) is 11.1 Å². The first kappa shape index (κ1) is 23.4. The van der Waals surface area contributed by atoms with Crippen molar-refractivity contribution in [1.82, 2.24) is 14.9 Å². The lowest BCUT2D eigenvalue weighted by molar-refractivity contribution is -0.139. The molecule has 3 fully saturated rings. The van der Waals surface area contributed by atoms with Gasteiger partial charge < -0.3 is 15.4 Å². The first-order chi connectivity index (χ1) is 16.3. The molecule has 2 amide bonds. The van der Waals surface area contributed by atoms with E-state index < -0.39 is 29.3 Å². The standard InChI is InChI=1S/C24H27ClN4O4S/c1-12-7-8-14(9-27-12)21-18(28-23(34-21)22(26)31)17(13-5-3-2-4-6-13)24(32)29-10-15(25)20-19(29)16(30)11-33-20/h7-9,13,15,17,19-20H,2-6,10-11H2,1H3,(H2,26,31)/t15-,17-,19+,20+/m0/s1. The molecule has 5 rings (SSSR count). The molecule has 4 heterocycles. The van der Waals surface area contributed by atoms with Gasteiger partial charge in [-0.05, 0) is 31.7 Å². The number of rotatable bonds is 5. The van der Waals surface area contributed by atoms with Gasteiger partial charge in [-0.15, -0.1) is 22.9 Å². The maximum atomic E-state index is 14.2. The Morgan fingerprint density at radius 2 is 2.03 bits per heavy atom. The second-order valence-corrected chi connectivity index (χ2v) is 10.9. The van der Waals surface area contributed by atoms with Crippen LogP contribution in [-0.2, 0) is 14.3 Å². The molecule has 2 N–H and O–H groups in total. The first-order valence-corrected chi connectivity index (χ1v) is 12.9. The molecule has 2 aromatic heterocycles. The number of Topliss-reactive ketones (excluding diaryl/α,β-unsaturated/α-hetero) is 1. The molecular weight excluding hydrogens is 476 g/mol. The molecule has 2 aromatic rings. The number of pyridine rings is 1. The Bertz CT molecular complexity index is 1110. The van der Waals surface area contributed by atoms with Crippen LogP contribution >= 0.6 is 22.9 Å². The van der Waals surface area contributed by atoms with Gasteiger partial charge in [-0.3, -0.25) is 19.4 Å². The minimum atomic E-state index is -0.667. The normalized spacial score (nSPS) is 26.0. The van der Waals surface area contributed by atoms with Gasteiger partial charge in [-0.25, -0.2) is 4.98 Å². The number of alkyl halides is 1. The van der Waals surface area contributed by atoms with Crippen molar-refractivity contribution < 1.29 is 19.1 Å². The number of carbonyl (C=O) groups excluding carboxylic acids is 3. The van der Waals surface area contributed by atoms with E-state index in [4.69, 9.17) is 22.1 Å². The minimum absolute atomic E-state index is 0.0285. The van der Waals surface area contributed by atoms with Crippen LogP contribution in [-0.4, -0.2) is 63.1 Å². The summed E-state index contributed by atoms with van der Waals surface area (Å²) < 4.78 is 5.59. The van der Waals surface area contributed by atoms with Gasteiger partial charge in [-0.2, -0.15) is 0 Å². The van der Waals surface area contributed by atoms with E-state index >= 15 is 0 Å². The third kappa shape index (κ3) is 4.14. The number of ether oxygens (including phenoxy) is 1. The molecule has 34 heavy (non-hydrogen) atoms. The zero-order chi connectivity index (χ0) is 24.0. The van der Waals surface area contributed by atoms with Crippen molar-refractivity contribution in [1.29, 1.82) is 0 Å². The zero-order valence-electron chi connectivity index (χ0n) is 18.9. The molecule has 0 spiro atoms. The number of likely N-dealkylation sites (tertiary alicyclic amines) is 1. The van der Waals surface area contributed by atoms with Gasteiger partial charge in [0.2, 0.25) is 5.91 Å². The summed E-state index contributed by atoms with van der Waals surface area (Å²) in [6, 6.07) is 3.14. The number of hydrogen-bond acceptors (Lipinski definition) is 7. The summed E-state index contributed by atoms with van der Waals surface area (Å²) >= 11 is 7.67. The first-order valence-electron chi connectivity index (χ1n) is 11.7. The van der Waals surface area contributed by atoms with Gasteiger partial charge in [0, 0.05) is 24.0 Å². The third-order valence-electron chi connectivity index (χ3n) is 7.13. The summed E-state index contributed by atoms with van der Waals surface area (Å²) in [6.45, 7) is 2.12. The third-order valence-corrected chi connectivity index (χ3v) is 8.65. The maximum Gasteiger partial charge on any atom is 0.277 e. The molecule has 1 saturated carbocycles. The Labute approximate surface area is 206 Å². The molecule has 2 aliphatic heterocycles. The van der Waals surface area contributed by atoms with Crippen LogP contribution < -0.4 is 5.73 Å². The summed E-state index contributed by atoms with van der Waals surface area (Å²) in [5.41, 5.74) is 7.79. The largest absolute Gasteiger partial charge is 0.366 e. The highest BCUT2D eigenvalue weighted by molar-refractivity contribution is 7.17. The highest BCUT2D eigenvalue weighted by Gasteiger charge is 2.53. The van der Waals surface area contributed by atoms with Crippen LogP contribution in [0, 0.1) is 12.8 Å². The summed E-state index contributed by atoms with van der Waals surface area (Å²) in [5.74, 6) is -1.48. The van der Waals surface area contributed by atoms with E-state index in [0.29, 0.717) is 5.69 Å². The Morgan fingerprint density at radius 1 is 1.26 bits per heavy atom. The molecule has 8 nitrogen and oxygen atoms in total. The quantitative estimate of drug-likeness (QED) is 0.628. The van der Waals surface area contributed by atoms with Gasteiger partial charge in [0.25, 0.3) is 5.91 Å². The monoisotopic (exact) mass is 502 g/mol. The summed E-state index contributed by atoms with van der Waals surface area (Å²) in [5, 5.41) is -0.279. The van der Waals surface area contributed by atoms with Crippen molar-refractivity contribution in [3.63, 3.8) is 0 Å². The minimum Gasteiger partial charge on any atom is -0.366 e. The van der Waals surface area contributed by atoms with E-state index in [2.05, 4.69) is 9.97 Å². The van der Waals surface area contributed by atoms with E-state index in [0.717, 1.165) is 48.2 Å². The van der Waals surface area contributed by atoms with Crippen LogP contribution in [0.25, 0.3) is 10.4 Å². The van der Waals surface area contributed by atoms with Crippen LogP contribution in [0.1, 0.15) is 59.2 Å². The number of amides is 2. The van der Waals surface area contributed by atoms with Gasteiger partial charge in [0.15, 0.2) is 10.8 Å². The Hall–Kier alpha value is -2.36. The van der Waals surface area contributed by atoms with Crippen molar-refractivity contribution in [3.8, 4) is 10.4 Å². The van der Waals surface area contributed by atoms with Crippen molar-refractivity contribution in [2.75, 3.05) is 13.2 Å². The number of thiazole rings is 1. The summed E-state index contributed by atoms with van der Waals surface area (Å²) in [6.07, 6.45) is 6.17. The fourth-order valence-electron chi connectivity index (χ4n) is 5.47. The zero-order valence-corrected chi connectivity index (χ0v) is 20.5. The average molecular weight is 503 g/mol. The molecule has 0 bridgehead atoms. The van der Waals surface area contributed by atoms with Crippen molar-refractivity contribution in [3.05, 3.63) is 34.7 Å². The SMILES string of the molecule is Cc1ccc(-c2sc(C(N)=O)nc2[C@@H](C(=O)N2C[C@H](Cl)[C@H]3OCC(=O)[C@H]32)C2CCCCC2)cn1. The number of fused-ring (bicyclic) bond motifs is 1. The Morgan fingerprint density at radius 3 is 2.71 bits per heavy atom. The fraction of sp³-hybridized carbons (Fsp3) is 0.542. The summed E-state index contributed by atoms with van der Waals surface area (Å²) in [4.78, 5) is 50.2. The highest BCUT2D eigenvalue weighted by atomic mass is 35.5. The molecule has 0 radical (unpaired) electrons. The predicted molar refractivity (Wildman–Crippen MR) is 128 cm³/mol. The lowest BCUT2D eigenvalue weighted by Crippen LogP contribution is -2.45. The smallest absolute Gasteiger partial charge is 0.277 e. The highest BCUT2D eigenvalue weighted by Crippen LogP contribution is 2.44. The molecule has 2 saturated heterocycles. The van der Waals surface area contributed by atoms with Crippen molar-refractivity contribution in [2.24, 2.45) is 11.7 Å². The average Bonchev–Trinajstić information content (AvgIpc) is 3.52. The topological polar surface area (TPSA) is 115 Å². The number of halogens is 1. The number of carbonyl (C=O) groups is 3. The van der Waals surface area contributed by atoms with E-state index in [1.165, 1.54) is 11.3 Å². The number of aryl methyl sites for hydroxylation is 1. The maximum absolute atomic E-state index is 14.2. The number of nitrogens with two attached hydrogens (primary N) is 1. The van der Waals surface area contributed by atoms with E-state index in [9.17, 15) is 14.4 Å². The Balaban J connectivity index is 1.60. The lowest BCUT2D eigenvalue weighted by atomic mass is 9.77. The Kier molecular flexibility index (Phi) is 6.43. The molecule has 4 atom stereocenters. The molecular formula is C24H27ClN4O4S. The number of ketones is 1. The number of hydrogen-bond donors (Lipinski definition) is 1. The van der Waals surface area contributed by atoms with Crippen LogP contribution in [0.5, 0.6) is 0 Å². The number of aromatic nitrogens is 2. The molecule has 3 aliphatic rings. The van der Waals surface area contributed by atoms with Crippen LogP contribution in [0.15, 0.2) is 18.3 Å². The van der Waals surface area contributed by atoms with Gasteiger partial charge >= 0.3 is 0 Å². The van der Waals surface area contributed by atoms with Crippen molar-refractivity contribution >= 4 is 40.5 Å². The second kappa shape index (κ2) is 9.36. The van der Waals surface area contributed by atoms with Crippen molar-refractivity contribution in [2.45, 2.75) is 62.5 Å². The van der Waals surface area contributed by atoms with Crippen LogP contribution in [0.4, 0.5) is 0 Å².